The second-order valence-electron chi connectivity index (χ2n) is 7.50. The van der Waals surface area contributed by atoms with E-state index in [-0.39, 0.29) is 17.7 Å². The molecule has 32 heavy (non-hydrogen) atoms. The van der Waals surface area contributed by atoms with Crippen LogP contribution in [0.1, 0.15) is 46.6 Å². The zero-order valence-electron chi connectivity index (χ0n) is 18.7. The number of nitrogens with one attached hydrogen (secondary N) is 1. The van der Waals surface area contributed by atoms with Gasteiger partial charge in [-0.1, -0.05) is 30.0 Å². The summed E-state index contributed by atoms with van der Waals surface area (Å²) in [4.78, 5) is 21.3. The molecule has 3 aromatic rings. The van der Waals surface area contributed by atoms with E-state index in [1.54, 1.807) is 6.20 Å². The average molecular weight is 447 g/mol. The van der Waals surface area contributed by atoms with Crippen molar-refractivity contribution in [2.24, 2.45) is 0 Å². The Hall–Kier alpha value is -3.37. The van der Waals surface area contributed by atoms with Crippen LogP contribution in [0.3, 0.4) is 0 Å². The molecule has 0 saturated heterocycles. The van der Waals surface area contributed by atoms with Crippen LogP contribution in [0.5, 0.6) is 5.75 Å². The molecule has 7 heteroatoms. The number of aromatic nitrogens is 2. The summed E-state index contributed by atoms with van der Waals surface area (Å²) >= 11 is 1.29. The van der Waals surface area contributed by atoms with Gasteiger partial charge in [0.1, 0.15) is 23.5 Å². The molecule has 0 fully saturated rings. The summed E-state index contributed by atoms with van der Waals surface area (Å²) < 4.78 is 5.83. The van der Waals surface area contributed by atoms with Crippen molar-refractivity contribution >= 4 is 17.7 Å². The Labute approximate surface area is 193 Å². The molecular weight excluding hydrogens is 420 g/mol. The van der Waals surface area contributed by atoms with E-state index in [1.165, 1.54) is 11.8 Å². The molecule has 0 aliphatic rings. The molecule has 164 valence electrons. The Kier molecular flexibility index (Phi) is 7.85. The molecule has 1 atom stereocenters. The number of nitrogens with zero attached hydrogens (tertiary/aromatic N) is 3. The maximum absolute atomic E-state index is 12.6. The van der Waals surface area contributed by atoms with Crippen molar-refractivity contribution in [2.75, 3.05) is 5.75 Å². The Morgan fingerprint density at radius 3 is 2.72 bits per heavy atom. The topological polar surface area (TPSA) is 87.9 Å². The van der Waals surface area contributed by atoms with Crippen LogP contribution < -0.4 is 10.1 Å². The number of rotatable bonds is 8. The van der Waals surface area contributed by atoms with E-state index < -0.39 is 0 Å². The van der Waals surface area contributed by atoms with Crippen LogP contribution in [0.15, 0.2) is 53.7 Å². The predicted octanol–water partition coefficient (Wildman–Crippen LogP) is 4.82. The van der Waals surface area contributed by atoms with Crippen LogP contribution in [0.2, 0.25) is 0 Å². The molecule has 6 nitrogen and oxygen atoms in total. The van der Waals surface area contributed by atoms with Gasteiger partial charge >= 0.3 is 0 Å². The maximum Gasteiger partial charge on any atom is 0.230 e. The first-order valence-electron chi connectivity index (χ1n) is 10.3. The summed E-state index contributed by atoms with van der Waals surface area (Å²) in [6.07, 6.45) is 1.74. The summed E-state index contributed by atoms with van der Waals surface area (Å²) in [6.45, 7) is 8.09. The van der Waals surface area contributed by atoms with Crippen molar-refractivity contribution in [3.05, 3.63) is 82.3 Å². The smallest absolute Gasteiger partial charge is 0.230 e. The number of carbonyl (C=O) groups excluding carboxylic acids is 1. The van der Waals surface area contributed by atoms with Gasteiger partial charge in [0.25, 0.3) is 0 Å². The minimum absolute atomic E-state index is 0.121. The Morgan fingerprint density at radius 1 is 1.19 bits per heavy atom. The van der Waals surface area contributed by atoms with Gasteiger partial charge in [-0.15, -0.1) is 0 Å². The van der Waals surface area contributed by atoms with E-state index in [9.17, 15) is 10.1 Å². The lowest BCUT2D eigenvalue weighted by Crippen LogP contribution is -2.28. The van der Waals surface area contributed by atoms with Crippen LogP contribution in [0.25, 0.3) is 0 Å². The van der Waals surface area contributed by atoms with Crippen LogP contribution in [-0.4, -0.2) is 21.6 Å². The van der Waals surface area contributed by atoms with Crippen LogP contribution in [0, 0.1) is 32.1 Å². The monoisotopic (exact) mass is 446 g/mol. The quantitative estimate of drug-likeness (QED) is 0.499. The molecule has 1 unspecified atom stereocenters. The highest BCUT2D eigenvalue weighted by Crippen LogP contribution is 2.26. The van der Waals surface area contributed by atoms with E-state index in [2.05, 4.69) is 21.4 Å². The normalized spacial score (nSPS) is 11.5. The number of benzene rings is 1. The van der Waals surface area contributed by atoms with E-state index in [0.717, 1.165) is 33.8 Å². The zero-order chi connectivity index (χ0) is 23.1. The molecule has 0 aliphatic carbocycles. The van der Waals surface area contributed by atoms with Gasteiger partial charge in [-0.3, -0.25) is 9.78 Å². The molecular formula is C25H26N4O2S. The first kappa shape index (κ1) is 23.3. The molecule has 1 aromatic carbocycles. The predicted molar refractivity (Wildman–Crippen MR) is 125 cm³/mol. The van der Waals surface area contributed by atoms with Gasteiger partial charge in [-0.05, 0) is 68.7 Å². The van der Waals surface area contributed by atoms with Crippen LogP contribution in [-0.2, 0) is 11.4 Å². The van der Waals surface area contributed by atoms with Crippen molar-refractivity contribution in [3.63, 3.8) is 0 Å². The fourth-order valence-corrected chi connectivity index (χ4v) is 4.06. The standard InChI is InChI=1S/C25H26N4O2S/c1-16-17(2)23(13-26)25(29-18(16)3)32-15-24(30)28-19(4)20-8-7-10-22(12-20)31-14-21-9-5-6-11-27-21/h5-12,19H,14-15H2,1-4H3,(H,28,30). The van der Waals surface area contributed by atoms with Gasteiger partial charge in [-0.2, -0.15) is 5.26 Å². The fourth-order valence-electron chi connectivity index (χ4n) is 3.16. The summed E-state index contributed by atoms with van der Waals surface area (Å²) in [5, 5.41) is 13.1. The minimum Gasteiger partial charge on any atom is -0.487 e. The van der Waals surface area contributed by atoms with Crippen molar-refractivity contribution in [2.45, 2.75) is 45.4 Å². The molecule has 2 heterocycles. The number of pyridine rings is 2. The molecule has 0 aliphatic heterocycles. The highest BCUT2D eigenvalue weighted by molar-refractivity contribution is 8.00. The van der Waals surface area contributed by atoms with Gasteiger partial charge < -0.3 is 10.1 Å². The van der Waals surface area contributed by atoms with Crippen molar-refractivity contribution < 1.29 is 9.53 Å². The van der Waals surface area contributed by atoms with Crippen LogP contribution in [0.4, 0.5) is 0 Å². The molecule has 1 amide bonds. The number of ether oxygens (including phenoxy) is 1. The summed E-state index contributed by atoms with van der Waals surface area (Å²) in [7, 11) is 0. The van der Waals surface area contributed by atoms with E-state index in [1.807, 2.05) is 70.2 Å². The van der Waals surface area contributed by atoms with E-state index >= 15 is 0 Å². The van der Waals surface area contributed by atoms with E-state index in [0.29, 0.717) is 17.2 Å². The number of hydrogen-bond donors (Lipinski definition) is 1. The number of amides is 1. The molecule has 3 rings (SSSR count). The summed E-state index contributed by atoms with van der Waals surface area (Å²) in [6, 6.07) is 15.4. The lowest BCUT2D eigenvalue weighted by Gasteiger charge is -2.16. The van der Waals surface area contributed by atoms with Gasteiger partial charge in [0.05, 0.1) is 23.1 Å². The lowest BCUT2D eigenvalue weighted by molar-refractivity contribution is -0.119. The molecule has 0 bridgehead atoms. The third kappa shape index (κ3) is 5.86. The number of carbonyl (C=O) groups is 1. The molecule has 0 spiro atoms. The highest BCUT2D eigenvalue weighted by atomic mass is 32.2. The largest absolute Gasteiger partial charge is 0.487 e. The number of aryl methyl sites for hydroxylation is 1. The second kappa shape index (κ2) is 10.8. The molecule has 0 saturated carbocycles. The average Bonchev–Trinajstić information content (AvgIpc) is 2.81. The molecule has 0 radical (unpaired) electrons. The molecule has 2 aromatic heterocycles. The van der Waals surface area contributed by atoms with Crippen molar-refractivity contribution in [1.82, 2.24) is 15.3 Å². The number of hydrogen-bond acceptors (Lipinski definition) is 6. The zero-order valence-corrected chi connectivity index (χ0v) is 19.5. The second-order valence-corrected chi connectivity index (χ2v) is 8.46. The summed E-state index contributed by atoms with van der Waals surface area (Å²) in [5.41, 5.74) is 5.13. The Bertz CT molecular complexity index is 1140. The lowest BCUT2D eigenvalue weighted by atomic mass is 10.1. The van der Waals surface area contributed by atoms with Gasteiger partial charge in [0.2, 0.25) is 5.91 Å². The van der Waals surface area contributed by atoms with Crippen LogP contribution >= 0.6 is 11.8 Å². The SMILES string of the molecule is Cc1nc(SCC(=O)NC(C)c2cccc(OCc3ccccn3)c2)c(C#N)c(C)c1C. The third-order valence-electron chi connectivity index (χ3n) is 5.26. The summed E-state index contributed by atoms with van der Waals surface area (Å²) in [5.74, 6) is 0.782. The third-order valence-corrected chi connectivity index (χ3v) is 6.24. The van der Waals surface area contributed by atoms with Gasteiger partial charge in [0, 0.05) is 11.9 Å². The van der Waals surface area contributed by atoms with Gasteiger partial charge in [-0.25, -0.2) is 4.98 Å². The first-order valence-corrected chi connectivity index (χ1v) is 11.3. The number of nitriles is 1. The van der Waals surface area contributed by atoms with E-state index in [4.69, 9.17) is 4.74 Å². The Morgan fingerprint density at radius 2 is 2.00 bits per heavy atom. The highest BCUT2D eigenvalue weighted by Gasteiger charge is 2.16. The first-order chi connectivity index (χ1) is 15.4. The van der Waals surface area contributed by atoms with Crippen molar-refractivity contribution in [3.8, 4) is 11.8 Å². The fraction of sp³-hybridized carbons (Fsp3) is 0.280. The maximum atomic E-state index is 12.6. The number of thioether (sulfide) groups is 1. The minimum atomic E-state index is -0.189. The molecule has 1 N–H and O–H groups in total. The Balaban J connectivity index is 1.59. The van der Waals surface area contributed by atoms with Crippen molar-refractivity contribution in [1.29, 1.82) is 5.26 Å². The van der Waals surface area contributed by atoms with Gasteiger partial charge in [0.15, 0.2) is 0 Å².